The molecule has 39 heavy (non-hydrogen) atoms. The smallest absolute Gasteiger partial charge is 0.412 e. The van der Waals surface area contributed by atoms with Crippen molar-refractivity contribution in [2.24, 2.45) is 0 Å². The molecule has 9 nitrogen and oxygen atoms in total. The van der Waals surface area contributed by atoms with Gasteiger partial charge in [-0.3, -0.25) is 9.69 Å². The standard InChI is InChI=1S/C30H38N4O5/c1-30(2)34(29(36)38-20-24-12-8-5-9-13-24)26(21-39-30)14-16-31-27(28(35)37-3)18-25-19-33(22-32-25)17-15-23-10-6-4-7-11-23/h4-13,19,22,26-27,31H,14-18,20-21H2,1-3H3/t26-,27-/m0/s1. The molecule has 2 atom stereocenters. The number of nitrogens with zero attached hydrogens (tertiary/aromatic N) is 3. The molecular weight excluding hydrogens is 496 g/mol. The lowest BCUT2D eigenvalue weighted by molar-refractivity contribution is -0.143. The number of imidazole rings is 1. The van der Waals surface area contributed by atoms with Gasteiger partial charge in [0.2, 0.25) is 0 Å². The van der Waals surface area contributed by atoms with Crippen LogP contribution >= 0.6 is 0 Å². The number of carbonyl (C=O) groups excluding carboxylic acids is 2. The Morgan fingerprint density at radius 1 is 1.10 bits per heavy atom. The monoisotopic (exact) mass is 534 g/mol. The Bertz CT molecular complexity index is 1200. The van der Waals surface area contributed by atoms with Gasteiger partial charge in [-0.2, -0.15) is 0 Å². The molecule has 3 aromatic rings. The Kier molecular flexibility index (Phi) is 9.73. The molecular formula is C30H38N4O5. The number of nitrogens with one attached hydrogen (secondary N) is 1. The third kappa shape index (κ3) is 7.91. The summed E-state index contributed by atoms with van der Waals surface area (Å²) in [6.45, 7) is 5.59. The topological polar surface area (TPSA) is 94.9 Å². The second kappa shape index (κ2) is 13.4. The van der Waals surface area contributed by atoms with E-state index in [0.29, 0.717) is 26.0 Å². The summed E-state index contributed by atoms with van der Waals surface area (Å²) in [4.78, 5) is 31.7. The van der Waals surface area contributed by atoms with Gasteiger partial charge in [-0.15, -0.1) is 0 Å². The van der Waals surface area contributed by atoms with Crippen LogP contribution in [0.5, 0.6) is 0 Å². The van der Waals surface area contributed by atoms with Crippen LogP contribution in [-0.4, -0.2) is 64.6 Å². The van der Waals surface area contributed by atoms with Crippen molar-refractivity contribution in [2.45, 2.75) is 64.1 Å². The highest BCUT2D eigenvalue weighted by atomic mass is 16.6. The van der Waals surface area contributed by atoms with Crippen LogP contribution in [0.2, 0.25) is 0 Å². The number of benzene rings is 2. The maximum atomic E-state index is 13.0. The van der Waals surface area contributed by atoms with E-state index in [-0.39, 0.29) is 18.6 Å². The molecule has 1 aromatic heterocycles. The first-order chi connectivity index (χ1) is 18.9. The molecule has 0 aliphatic carbocycles. The minimum Gasteiger partial charge on any atom is -0.468 e. The summed E-state index contributed by atoms with van der Waals surface area (Å²) in [5.41, 5.74) is 2.21. The number of aromatic nitrogens is 2. The second-order valence-electron chi connectivity index (χ2n) is 10.2. The number of ether oxygens (including phenoxy) is 3. The van der Waals surface area contributed by atoms with E-state index in [1.165, 1.54) is 12.7 Å². The lowest BCUT2D eigenvalue weighted by Crippen LogP contribution is -2.49. The fourth-order valence-electron chi connectivity index (χ4n) is 4.81. The van der Waals surface area contributed by atoms with Gasteiger partial charge in [0.15, 0.2) is 0 Å². The summed E-state index contributed by atoms with van der Waals surface area (Å²) >= 11 is 0. The number of hydrogen-bond donors (Lipinski definition) is 1. The van der Waals surface area contributed by atoms with E-state index >= 15 is 0 Å². The average Bonchev–Trinajstić information content (AvgIpc) is 3.53. The van der Waals surface area contributed by atoms with Crippen LogP contribution in [0.3, 0.4) is 0 Å². The predicted octanol–water partition coefficient (Wildman–Crippen LogP) is 3.96. The molecule has 1 aliphatic rings. The molecule has 2 aromatic carbocycles. The molecule has 0 saturated carbocycles. The van der Waals surface area contributed by atoms with Gasteiger partial charge in [0.25, 0.3) is 0 Å². The Hall–Kier alpha value is -3.69. The molecule has 1 saturated heterocycles. The molecule has 9 heteroatoms. The van der Waals surface area contributed by atoms with Crippen LogP contribution in [0.1, 0.15) is 37.1 Å². The summed E-state index contributed by atoms with van der Waals surface area (Å²) in [6, 6.07) is 19.1. The number of carbonyl (C=O) groups is 2. The van der Waals surface area contributed by atoms with Crippen LogP contribution in [0.15, 0.2) is 73.2 Å². The Morgan fingerprint density at radius 3 is 2.49 bits per heavy atom. The first-order valence-corrected chi connectivity index (χ1v) is 13.4. The van der Waals surface area contributed by atoms with Crippen LogP contribution in [0.4, 0.5) is 4.79 Å². The lowest BCUT2D eigenvalue weighted by Gasteiger charge is -2.33. The Labute approximate surface area is 230 Å². The van der Waals surface area contributed by atoms with Gasteiger partial charge >= 0.3 is 12.1 Å². The summed E-state index contributed by atoms with van der Waals surface area (Å²) in [5.74, 6) is -0.351. The highest BCUT2D eigenvalue weighted by molar-refractivity contribution is 5.76. The molecule has 1 fully saturated rings. The number of rotatable bonds is 12. The number of amides is 1. The maximum Gasteiger partial charge on any atom is 0.412 e. The van der Waals surface area contributed by atoms with Crippen LogP contribution in [0, 0.1) is 0 Å². The normalized spacial score (nSPS) is 17.1. The Balaban J connectivity index is 1.29. The van der Waals surface area contributed by atoms with Crippen LogP contribution in [0.25, 0.3) is 0 Å². The first kappa shape index (κ1) is 28.3. The van der Waals surface area contributed by atoms with Gasteiger partial charge in [0, 0.05) is 19.2 Å². The van der Waals surface area contributed by atoms with Crippen molar-refractivity contribution in [1.29, 1.82) is 0 Å². The molecule has 0 radical (unpaired) electrons. The predicted molar refractivity (Wildman–Crippen MR) is 147 cm³/mol. The van der Waals surface area contributed by atoms with E-state index in [0.717, 1.165) is 24.2 Å². The van der Waals surface area contributed by atoms with Gasteiger partial charge in [-0.25, -0.2) is 9.78 Å². The third-order valence-corrected chi connectivity index (χ3v) is 6.93. The summed E-state index contributed by atoms with van der Waals surface area (Å²) < 4.78 is 18.6. The fraction of sp³-hybridized carbons (Fsp3) is 0.433. The lowest BCUT2D eigenvalue weighted by atomic mass is 10.1. The van der Waals surface area contributed by atoms with E-state index in [4.69, 9.17) is 14.2 Å². The van der Waals surface area contributed by atoms with Crippen molar-refractivity contribution in [3.63, 3.8) is 0 Å². The van der Waals surface area contributed by atoms with E-state index in [1.807, 2.05) is 73.1 Å². The molecule has 208 valence electrons. The van der Waals surface area contributed by atoms with Gasteiger partial charge in [-0.05, 0) is 44.4 Å². The minimum absolute atomic E-state index is 0.189. The zero-order chi connectivity index (χ0) is 27.7. The highest BCUT2D eigenvalue weighted by Gasteiger charge is 2.44. The first-order valence-electron chi connectivity index (χ1n) is 13.4. The number of hydrogen-bond acceptors (Lipinski definition) is 7. The van der Waals surface area contributed by atoms with Crippen molar-refractivity contribution in [2.75, 3.05) is 20.3 Å². The summed E-state index contributed by atoms with van der Waals surface area (Å²) in [5, 5.41) is 3.30. The van der Waals surface area contributed by atoms with E-state index in [1.54, 1.807) is 11.2 Å². The minimum atomic E-state index is -0.785. The van der Waals surface area contributed by atoms with Crippen molar-refractivity contribution in [3.8, 4) is 0 Å². The number of aryl methyl sites for hydroxylation is 2. The van der Waals surface area contributed by atoms with Crippen molar-refractivity contribution >= 4 is 12.1 Å². The highest BCUT2D eigenvalue weighted by Crippen LogP contribution is 2.29. The molecule has 1 aliphatic heterocycles. The zero-order valence-corrected chi connectivity index (χ0v) is 22.9. The van der Waals surface area contributed by atoms with Gasteiger partial charge < -0.3 is 24.1 Å². The van der Waals surface area contributed by atoms with Crippen LogP contribution in [-0.2, 0) is 45.0 Å². The largest absolute Gasteiger partial charge is 0.468 e. The summed E-state index contributed by atoms with van der Waals surface area (Å²) in [7, 11) is 1.38. The molecule has 1 amide bonds. The maximum absolute atomic E-state index is 13.0. The molecule has 0 bridgehead atoms. The van der Waals surface area contributed by atoms with E-state index < -0.39 is 17.9 Å². The number of methoxy groups -OCH3 is 1. The van der Waals surface area contributed by atoms with Gasteiger partial charge in [0.05, 0.1) is 31.8 Å². The molecule has 2 heterocycles. The SMILES string of the molecule is COC(=O)[C@H](Cc1cn(CCc2ccccc2)cn1)NCC[C@H]1COC(C)(C)N1C(=O)OCc1ccccc1. The zero-order valence-electron chi connectivity index (χ0n) is 22.9. The van der Waals surface area contributed by atoms with Crippen molar-refractivity contribution in [1.82, 2.24) is 19.8 Å². The molecule has 1 N–H and O–H groups in total. The Morgan fingerprint density at radius 2 is 1.79 bits per heavy atom. The summed E-state index contributed by atoms with van der Waals surface area (Å²) in [6.07, 6.45) is 5.24. The third-order valence-electron chi connectivity index (χ3n) is 6.93. The van der Waals surface area contributed by atoms with Gasteiger partial charge in [-0.1, -0.05) is 60.7 Å². The van der Waals surface area contributed by atoms with Gasteiger partial charge in [0.1, 0.15) is 18.4 Å². The van der Waals surface area contributed by atoms with E-state index in [2.05, 4.69) is 22.4 Å². The molecule has 4 rings (SSSR count). The van der Waals surface area contributed by atoms with Crippen molar-refractivity contribution in [3.05, 3.63) is 90.0 Å². The van der Waals surface area contributed by atoms with E-state index in [9.17, 15) is 9.59 Å². The van der Waals surface area contributed by atoms with Crippen molar-refractivity contribution < 1.29 is 23.8 Å². The van der Waals surface area contributed by atoms with Crippen LogP contribution < -0.4 is 5.32 Å². The average molecular weight is 535 g/mol. The molecule has 0 unspecified atom stereocenters. The fourth-order valence-corrected chi connectivity index (χ4v) is 4.81. The quantitative estimate of drug-likeness (QED) is 0.352. The number of esters is 1. The second-order valence-corrected chi connectivity index (χ2v) is 10.2. The molecule has 0 spiro atoms.